The first-order valence-corrected chi connectivity index (χ1v) is 9.25. The van der Waals surface area contributed by atoms with Crippen molar-refractivity contribution in [1.82, 2.24) is 10.2 Å². The molecule has 6 heteroatoms. The third-order valence-electron chi connectivity index (χ3n) is 4.28. The van der Waals surface area contributed by atoms with Crippen LogP contribution in [0.1, 0.15) is 23.5 Å². The van der Waals surface area contributed by atoms with Crippen molar-refractivity contribution < 1.29 is 9.53 Å². The number of aromatic nitrogens is 2. The molecule has 0 unspecified atom stereocenters. The number of hydrogen-bond acceptors (Lipinski definition) is 5. The third-order valence-corrected chi connectivity index (χ3v) is 4.28. The molecular formula is C22H24N4O2. The van der Waals surface area contributed by atoms with Gasteiger partial charge in [0.1, 0.15) is 5.82 Å². The largest absolute Gasteiger partial charge is 0.385 e. The zero-order valence-electron chi connectivity index (χ0n) is 15.8. The molecule has 6 nitrogen and oxygen atoms in total. The number of ether oxygens (including phenoxy) is 1. The summed E-state index contributed by atoms with van der Waals surface area (Å²) in [6, 6.07) is 23.0. The molecule has 0 aliphatic heterocycles. The van der Waals surface area contributed by atoms with Gasteiger partial charge in [0.2, 0.25) is 5.91 Å². The summed E-state index contributed by atoms with van der Waals surface area (Å²) in [5, 5.41) is 14.3. The van der Waals surface area contributed by atoms with Crippen LogP contribution >= 0.6 is 0 Å². The molecule has 144 valence electrons. The molecule has 28 heavy (non-hydrogen) atoms. The van der Waals surface area contributed by atoms with E-state index in [2.05, 4.69) is 20.8 Å². The number of hydrogen-bond donors (Lipinski definition) is 2. The van der Waals surface area contributed by atoms with Crippen molar-refractivity contribution >= 4 is 17.5 Å². The van der Waals surface area contributed by atoms with Crippen LogP contribution in [0.4, 0.5) is 11.6 Å². The molecule has 2 aromatic carbocycles. The Morgan fingerprint density at radius 1 is 0.893 bits per heavy atom. The zero-order chi connectivity index (χ0) is 19.6. The van der Waals surface area contributed by atoms with Gasteiger partial charge in [0.15, 0.2) is 5.82 Å². The molecule has 1 amide bonds. The van der Waals surface area contributed by atoms with E-state index in [0.717, 1.165) is 24.1 Å². The number of amides is 1. The summed E-state index contributed by atoms with van der Waals surface area (Å²) in [5.74, 6) is 0.518. The highest BCUT2D eigenvalue weighted by Crippen LogP contribution is 2.26. The lowest BCUT2D eigenvalue weighted by Crippen LogP contribution is -2.23. The molecule has 3 aromatic rings. The van der Waals surface area contributed by atoms with E-state index in [4.69, 9.17) is 4.74 Å². The summed E-state index contributed by atoms with van der Waals surface area (Å²) in [5.41, 5.74) is 1.85. The van der Waals surface area contributed by atoms with Crippen molar-refractivity contribution in [2.75, 3.05) is 30.9 Å². The van der Waals surface area contributed by atoms with Crippen molar-refractivity contribution in [3.63, 3.8) is 0 Å². The predicted octanol–water partition coefficient (Wildman–Crippen LogP) is 3.70. The van der Waals surface area contributed by atoms with Gasteiger partial charge in [-0.1, -0.05) is 60.7 Å². The highest BCUT2D eigenvalue weighted by molar-refractivity contribution is 5.97. The van der Waals surface area contributed by atoms with E-state index in [0.29, 0.717) is 18.2 Å². The Kier molecular flexibility index (Phi) is 7.09. The minimum Gasteiger partial charge on any atom is -0.385 e. The van der Waals surface area contributed by atoms with Gasteiger partial charge in [-0.15, -0.1) is 10.2 Å². The molecule has 1 aromatic heterocycles. The van der Waals surface area contributed by atoms with Gasteiger partial charge in [-0.3, -0.25) is 4.79 Å². The summed E-state index contributed by atoms with van der Waals surface area (Å²) in [6.07, 6.45) is 0.881. The van der Waals surface area contributed by atoms with Gasteiger partial charge in [-0.2, -0.15) is 0 Å². The Hall–Kier alpha value is -3.25. The van der Waals surface area contributed by atoms with E-state index in [9.17, 15) is 4.79 Å². The lowest BCUT2D eigenvalue weighted by molar-refractivity contribution is -0.116. The van der Waals surface area contributed by atoms with Crippen LogP contribution in [0.3, 0.4) is 0 Å². The lowest BCUT2D eigenvalue weighted by atomic mass is 9.90. The maximum atomic E-state index is 13.0. The quantitative estimate of drug-likeness (QED) is 0.557. The summed E-state index contributed by atoms with van der Waals surface area (Å²) in [4.78, 5) is 13.0. The van der Waals surface area contributed by atoms with Crippen LogP contribution in [0.25, 0.3) is 0 Å². The van der Waals surface area contributed by atoms with Gasteiger partial charge in [-0.05, 0) is 29.7 Å². The number of anilines is 2. The SMILES string of the molecule is COCCCNc1ccc(NC(=O)C(c2ccccc2)c2ccccc2)nn1. The van der Waals surface area contributed by atoms with Crippen LogP contribution in [0.15, 0.2) is 72.8 Å². The second kappa shape index (κ2) is 10.2. The maximum Gasteiger partial charge on any atom is 0.237 e. The fourth-order valence-electron chi connectivity index (χ4n) is 2.91. The van der Waals surface area contributed by atoms with E-state index >= 15 is 0 Å². The highest BCUT2D eigenvalue weighted by Gasteiger charge is 2.23. The maximum absolute atomic E-state index is 13.0. The van der Waals surface area contributed by atoms with Crippen molar-refractivity contribution in [3.8, 4) is 0 Å². The Labute approximate surface area is 165 Å². The topological polar surface area (TPSA) is 76.1 Å². The smallest absolute Gasteiger partial charge is 0.237 e. The first kappa shape index (κ1) is 19.5. The Morgan fingerprint density at radius 2 is 1.46 bits per heavy atom. The van der Waals surface area contributed by atoms with Crippen LogP contribution in [0.5, 0.6) is 0 Å². The molecule has 0 saturated heterocycles. The number of rotatable bonds is 9. The lowest BCUT2D eigenvalue weighted by Gasteiger charge is -2.17. The molecule has 0 bridgehead atoms. The van der Waals surface area contributed by atoms with Crippen LogP contribution in [0.2, 0.25) is 0 Å². The Morgan fingerprint density at radius 3 is 2.00 bits per heavy atom. The number of benzene rings is 2. The number of carbonyl (C=O) groups excluding carboxylic acids is 1. The first-order chi connectivity index (χ1) is 13.8. The zero-order valence-corrected chi connectivity index (χ0v) is 15.8. The molecule has 0 fully saturated rings. The van der Waals surface area contributed by atoms with Crippen molar-refractivity contribution in [2.24, 2.45) is 0 Å². The molecule has 0 spiro atoms. The fraction of sp³-hybridized carbons (Fsp3) is 0.227. The van der Waals surface area contributed by atoms with Crippen LogP contribution in [0, 0.1) is 0 Å². The van der Waals surface area contributed by atoms with Crippen LogP contribution < -0.4 is 10.6 Å². The molecule has 0 atom stereocenters. The third kappa shape index (κ3) is 5.37. The summed E-state index contributed by atoms with van der Waals surface area (Å²) in [6.45, 7) is 1.44. The van der Waals surface area contributed by atoms with E-state index < -0.39 is 5.92 Å². The molecule has 2 N–H and O–H groups in total. The number of nitrogens with one attached hydrogen (secondary N) is 2. The summed E-state index contributed by atoms with van der Waals surface area (Å²) in [7, 11) is 1.68. The van der Waals surface area contributed by atoms with Crippen LogP contribution in [-0.2, 0) is 9.53 Å². The van der Waals surface area contributed by atoms with Gasteiger partial charge in [0.25, 0.3) is 0 Å². The van der Waals surface area contributed by atoms with Crippen molar-refractivity contribution in [2.45, 2.75) is 12.3 Å². The molecule has 0 aliphatic rings. The second-order valence-corrected chi connectivity index (χ2v) is 6.32. The molecule has 3 rings (SSSR count). The molecule has 1 heterocycles. The van der Waals surface area contributed by atoms with E-state index in [1.807, 2.05) is 60.7 Å². The van der Waals surface area contributed by atoms with Gasteiger partial charge in [-0.25, -0.2) is 0 Å². The predicted molar refractivity (Wildman–Crippen MR) is 110 cm³/mol. The average Bonchev–Trinajstić information content (AvgIpc) is 2.74. The molecule has 0 saturated carbocycles. The minimum absolute atomic E-state index is 0.146. The highest BCUT2D eigenvalue weighted by atomic mass is 16.5. The van der Waals surface area contributed by atoms with Crippen molar-refractivity contribution in [1.29, 1.82) is 0 Å². The van der Waals surface area contributed by atoms with E-state index in [-0.39, 0.29) is 5.91 Å². The average molecular weight is 376 g/mol. The minimum atomic E-state index is -0.420. The molecular weight excluding hydrogens is 352 g/mol. The van der Waals surface area contributed by atoms with Gasteiger partial charge >= 0.3 is 0 Å². The van der Waals surface area contributed by atoms with Crippen LogP contribution in [-0.4, -0.2) is 36.4 Å². The number of carbonyl (C=O) groups is 1. The fourth-order valence-corrected chi connectivity index (χ4v) is 2.91. The van der Waals surface area contributed by atoms with E-state index in [1.54, 1.807) is 19.2 Å². The van der Waals surface area contributed by atoms with Gasteiger partial charge < -0.3 is 15.4 Å². The Balaban J connectivity index is 1.70. The molecule has 0 aliphatic carbocycles. The summed E-state index contributed by atoms with van der Waals surface area (Å²) < 4.78 is 5.01. The number of methoxy groups -OCH3 is 1. The monoisotopic (exact) mass is 376 g/mol. The van der Waals surface area contributed by atoms with Gasteiger partial charge in [0, 0.05) is 20.3 Å². The number of nitrogens with zero attached hydrogens (tertiary/aromatic N) is 2. The standard InChI is InChI=1S/C22H24N4O2/c1-28-16-8-15-23-19-13-14-20(26-25-19)24-22(27)21(17-9-4-2-5-10-17)18-11-6-3-7-12-18/h2-7,9-14,21H,8,15-16H2,1H3,(H,23,25)(H,24,26,27). The summed E-state index contributed by atoms with van der Waals surface area (Å²) >= 11 is 0. The normalized spacial score (nSPS) is 10.6. The Bertz CT molecular complexity index is 815. The van der Waals surface area contributed by atoms with Gasteiger partial charge in [0.05, 0.1) is 5.92 Å². The van der Waals surface area contributed by atoms with E-state index in [1.165, 1.54) is 0 Å². The molecule has 0 radical (unpaired) electrons. The second-order valence-electron chi connectivity index (χ2n) is 6.32. The van der Waals surface area contributed by atoms with Crippen molar-refractivity contribution in [3.05, 3.63) is 83.9 Å². The first-order valence-electron chi connectivity index (χ1n) is 9.25.